The molecule has 25 heavy (non-hydrogen) atoms. The minimum Gasteiger partial charge on any atom is -0.548 e. The van der Waals surface area contributed by atoms with E-state index in [0.29, 0.717) is 12.4 Å². The first-order valence-electron chi connectivity index (χ1n) is 8.22. The fourth-order valence-electron chi connectivity index (χ4n) is 2.66. The van der Waals surface area contributed by atoms with Gasteiger partial charge in [-0.3, -0.25) is 0 Å². The van der Waals surface area contributed by atoms with Crippen LogP contribution in [-0.4, -0.2) is 42.8 Å². The van der Waals surface area contributed by atoms with Gasteiger partial charge in [0.05, 0.1) is 37.6 Å². The summed E-state index contributed by atoms with van der Waals surface area (Å²) >= 11 is 0. The van der Waals surface area contributed by atoms with E-state index in [1.807, 2.05) is 48.5 Å². The van der Waals surface area contributed by atoms with Crippen LogP contribution in [0.5, 0.6) is 5.75 Å². The van der Waals surface area contributed by atoms with Crippen LogP contribution in [0.15, 0.2) is 48.5 Å². The van der Waals surface area contributed by atoms with Gasteiger partial charge in [0.25, 0.3) is 0 Å². The molecule has 0 amide bonds. The van der Waals surface area contributed by atoms with E-state index in [0.717, 1.165) is 28.9 Å². The number of aliphatic carboxylic acids is 1. The molecule has 0 atom stereocenters. The largest absolute Gasteiger partial charge is 0.548 e. The molecule has 0 saturated carbocycles. The Morgan fingerprint density at radius 2 is 1.88 bits per heavy atom. The molecule has 0 aliphatic heterocycles. The van der Waals surface area contributed by atoms with Gasteiger partial charge in [-0.15, -0.1) is 0 Å². The van der Waals surface area contributed by atoms with Crippen molar-refractivity contribution in [3.63, 3.8) is 0 Å². The van der Waals surface area contributed by atoms with E-state index in [4.69, 9.17) is 4.74 Å². The molecule has 0 spiro atoms. The van der Waals surface area contributed by atoms with Gasteiger partial charge in [-0.2, -0.15) is 0 Å². The van der Waals surface area contributed by atoms with Crippen molar-refractivity contribution in [2.45, 2.75) is 6.54 Å². The molecule has 0 fully saturated rings. The van der Waals surface area contributed by atoms with E-state index >= 15 is 0 Å². The average molecular weight is 339 g/mol. The minimum absolute atomic E-state index is 0.236. The first-order chi connectivity index (χ1) is 12.0. The molecule has 0 aliphatic carbocycles. The molecule has 6 heteroatoms. The monoisotopic (exact) mass is 339 g/mol. The number of quaternary nitrogens is 1. The second-order valence-corrected chi connectivity index (χ2v) is 6.21. The van der Waals surface area contributed by atoms with Crippen molar-refractivity contribution in [2.24, 2.45) is 0 Å². The van der Waals surface area contributed by atoms with E-state index in [1.54, 1.807) is 4.57 Å². The zero-order chi connectivity index (χ0) is 17.8. The summed E-state index contributed by atoms with van der Waals surface area (Å²) in [5.74, 6) is 0.248. The minimum atomic E-state index is -1.14. The van der Waals surface area contributed by atoms with Gasteiger partial charge in [-0.25, -0.2) is 4.98 Å². The molecule has 1 N–H and O–H groups in total. The smallest absolute Gasteiger partial charge is 0.141 e. The lowest BCUT2D eigenvalue weighted by atomic mass is 10.2. The van der Waals surface area contributed by atoms with Crippen LogP contribution < -0.4 is 14.7 Å². The molecule has 0 bridgehead atoms. The van der Waals surface area contributed by atoms with Crippen molar-refractivity contribution >= 4 is 17.0 Å². The Balaban J connectivity index is 1.89. The van der Waals surface area contributed by atoms with Crippen molar-refractivity contribution in [1.82, 2.24) is 9.55 Å². The van der Waals surface area contributed by atoms with Crippen LogP contribution in [0.4, 0.5) is 0 Å². The predicted molar refractivity (Wildman–Crippen MR) is 93.3 cm³/mol. The number of rotatable bonds is 7. The molecule has 6 nitrogen and oxygen atoms in total. The molecule has 0 aliphatic rings. The summed E-state index contributed by atoms with van der Waals surface area (Å²) in [4.78, 5) is 17.0. The zero-order valence-corrected chi connectivity index (χ0v) is 14.4. The lowest BCUT2D eigenvalue weighted by molar-refractivity contribution is -0.858. The van der Waals surface area contributed by atoms with Crippen LogP contribution in [0.3, 0.4) is 0 Å². The number of likely N-dealkylation sites (N-methyl/N-ethyl adjacent to an activating group) is 1. The number of nitrogens with one attached hydrogen (secondary N) is 1. The molecule has 1 aromatic heterocycles. The quantitative estimate of drug-likeness (QED) is 0.657. The number of carboxylic acids is 1. The van der Waals surface area contributed by atoms with E-state index in [9.17, 15) is 9.90 Å². The second kappa shape index (κ2) is 7.36. The lowest BCUT2D eigenvalue weighted by Crippen LogP contribution is -3.06. The summed E-state index contributed by atoms with van der Waals surface area (Å²) in [5.41, 5.74) is 2.37. The highest BCUT2D eigenvalue weighted by Gasteiger charge is 2.12. The predicted octanol–water partition coefficient (Wildman–Crippen LogP) is -0.0235. The molecule has 3 aromatic rings. The Morgan fingerprint density at radius 3 is 2.56 bits per heavy atom. The van der Waals surface area contributed by atoms with Crippen LogP contribution in [0.25, 0.3) is 22.4 Å². The molecular weight excluding hydrogens is 318 g/mol. The normalized spacial score (nSPS) is 11.2. The number of fused-ring (bicyclic) bond motifs is 1. The maximum Gasteiger partial charge on any atom is 0.141 e. The number of imidazole rings is 1. The Bertz CT molecular complexity index is 869. The Hall–Kier alpha value is -2.86. The molecule has 1 heterocycles. The lowest BCUT2D eigenvalue weighted by Gasteiger charge is -2.11. The third-order valence-corrected chi connectivity index (χ3v) is 3.93. The first-order valence-corrected chi connectivity index (χ1v) is 8.22. The summed E-state index contributed by atoms with van der Waals surface area (Å²) in [7, 11) is 4.16. The third-order valence-electron chi connectivity index (χ3n) is 3.93. The Kier molecular flexibility index (Phi) is 5.00. The van der Waals surface area contributed by atoms with Crippen LogP contribution in [-0.2, 0) is 11.3 Å². The van der Waals surface area contributed by atoms with Crippen LogP contribution in [0, 0.1) is 0 Å². The fraction of sp³-hybridized carbons (Fsp3) is 0.263. The van der Waals surface area contributed by atoms with Gasteiger partial charge < -0.3 is 24.1 Å². The van der Waals surface area contributed by atoms with E-state index in [1.165, 1.54) is 4.90 Å². The average Bonchev–Trinajstić information content (AvgIpc) is 2.93. The van der Waals surface area contributed by atoms with Gasteiger partial charge >= 0.3 is 0 Å². The first kappa shape index (κ1) is 17.0. The molecule has 130 valence electrons. The van der Waals surface area contributed by atoms with E-state index in [2.05, 4.69) is 19.1 Å². The maximum atomic E-state index is 11.1. The van der Waals surface area contributed by atoms with Gasteiger partial charge in [0, 0.05) is 5.56 Å². The molecular formula is C19H21N3O3. The summed E-state index contributed by atoms with van der Waals surface area (Å²) in [6.45, 7) is 1.33. The highest BCUT2D eigenvalue weighted by atomic mass is 16.5. The Labute approximate surface area is 146 Å². The van der Waals surface area contributed by atoms with E-state index in [-0.39, 0.29) is 6.54 Å². The SMILES string of the molecule is C[NH+](C)CCOc1ccc(-c2nc3ccccc3n2CC(=O)[O-])cc1. The van der Waals surface area contributed by atoms with Crippen LogP contribution >= 0.6 is 0 Å². The fourth-order valence-corrected chi connectivity index (χ4v) is 2.66. The number of carboxylic acid groups (broad SMARTS) is 1. The molecule has 0 unspecified atom stereocenters. The van der Waals surface area contributed by atoms with Crippen molar-refractivity contribution in [3.05, 3.63) is 48.5 Å². The third kappa shape index (κ3) is 3.97. The number of carbonyl (C=O) groups is 1. The second-order valence-electron chi connectivity index (χ2n) is 6.21. The van der Waals surface area contributed by atoms with Crippen LogP contribution in [0.1, 0.15) is 0 Å². The molecule has 0 saturated heterocycles. The van der Waals surface area contributed by atoms with Gasteiger partial charge in [0.1, 0.15) is 24.7 Å². The molecule has 2 aromatic carbocycles. The number of hydrogen-bond acceptors (Lipinski definition) is 4. The Morgan fingerprint density at radius 1 is 1.16 bits per heavy atom. The number of ether oxygens (including phenoxy) is 1. The summed E-state index contributed by atoms with van der Waals surface area (Å²) in [6.07, 6.45) is 0. The number of para-hydroxylation sites is 2. The van der Waals surface area contributed by atoms with Crippen molar-refractivity contribution < 1.29 is 19.5 Å². The van der Waals surface area contributed by atoms with Gasteiger partial charge in [0.15, 0.2) is 0 Å². The molecule has 3 rings (SSSR count). The summed E-state index contributed by atoms with van der Waals surface area (Å²) in [6, 6.07) is 15.0. The number of nitrogens with zero attached hydrogens (tertiary/aromatic N) is 2. The van der Waals surface area contributed by atoms with Crippen molar-refractivity contribution in [3.8, 4) is 17.1 Å². The van der Waals surface area contributed by atoms with Crippen molar-refractivity contribution in [2.75, 3.05) is 27.2 Å². The number of carbonyl (C=O) groups excluding carboxylic acids is 1. The van der Waals surface area contributed by atoms with Gasteiger partial charge in [-0.05, 0) is 36.4 Å². The van der Waals surface area contributed by atoms with Gasteiger partial charge in [0.2, 0.25) is 0 Å². The summed E-state index contributed by atoms with van der Waals surface area (Å²) in [5, 5.41) is 11.1. The van der Waals surface area contributed by atoms with Crippen LogP contribution in [0.2, 0.25) is 0 Å². The van der Waals surface area contributed by atoms with E-state index < -0.39 is 5.97 Å². The summed E-state index contributed by atoms with van der Waals surface area (Å²) < 4.78 is 7.37. The zero-order valence-electron chi connectivity index (χ0n) is 14.4. The van der Waals surface area contributed by atoms with Crippen molar-refractivity contribution in [1.29, 1.82) is 0 Å². The maximum absolute atomic E-state index is 11.1. The topological polar surface area (TPSA) is 71.6 Å². The highest BCUT2D eigenvalue weighted by Crippen LogP contribution is 2.26. The number of hydrogen-bond donors (Lipinski definition) is 1. The standard InChI is InChI=1S/C19H21N3O3/c1-21(2)11-12-25-15-9-7-14(8-10-15)19-20-16-5-3-4-6-17(16)22(19)13-18(23)24/h3-10H,11-13H2,1-2H3,(H,23,24). The number of benzene rings is 2. The number of aromatic nitrogens is 2. The molecule has 0 radical (unpaired) electrons. The highest BCUT2D eigenvalue weighted by molar-refractivity contribution is 5.82. The van der Waals surface area contributed by atoms with Gasteiger partial charge in [-0.1, -0.05) is 12.1 Å².